The van der Waals surface area contributed by atoms with Gasteiger partial charge in [0.2, 0.25) is 0 Å². The van der Waals surface area contributed by atoms with E-state index in [2.05, 4.69) is 39.9 Å². The second-order valence-electron chi connectivity index (χ2n) is 4.92. The van der Waals surface area contributed by atoms with Crippen molar-refractivity contribution in [3.05, 3.63) is 45.4 Å². The van der Waals surface area contributed by atoms with E-state index in [1.54, 1.807) is 0 Å². The minimum atomic E-state index is -0.0638. The molecule has 4 nitrogen and oxygen atoms in total. The number of aryl methyl sites for hydroxylation is 3. The number of aromatic nitrogens is 3. The summed E-state index contributed by atoms with van der Waals surface area (Å²) < 4.78 is 3.13. The van der Waals surface area contributed by atoms with E-state index in [1.807, 2.05) is 29.9 Å². The molecule has 108 valence electrons. The minimum Gasteiger partial charge on any atom is -0.324 e. The first-order valence-corrected chi connectivity index (χ1v) is 7.78. The van der Waals surface area contributed by atoms with Gasteiger partial charge in [0.15, 0.2) is 0 Å². The third-order valence-corrected chi connectivity index (χ3v) is 4.39. The molecule has 2 rings (SSSR count). The summed E-state index contributed by atoms with van der Waals surface area (Å²) in [7, 11) is 0. The summed E-state index contributed by atoms with van der Waals surface area (Å²) in [5.74, 6) is 0. The number of rotatable bonds is 5. The molecule has 2 N–H and O–H groups in total. The van der Waals surface area contributed by atoms with Crippen molar-refractivity contribution in [3.63, 3.8) is 0 Å². The summed E-state index contributed by atoms with van der Waals surface area (Å²) in [6.45, 7) is 7.04. The molecule has 2 aromatic heterocycles. The Kier molecular flexibility index (Phi) is 4.94. The van der Waals surface area contributed by atoms with E-state index < -0.39 is 0 Å². The molecule has 0 saturated heterocycles. The van der Waals surface area contributed by atoms with Crippen LogP contribution in [0.5, 0.6) is 0 Å². The lowest BCUT2D eigenvalue weighted by atomic mass is 10.0. The van der Waals surface area contributed by atoms with Crippen molar-refractivity contribution in [2.45, 2.75) is 46.2 Å². The van der Waals surface area contributed by atoms with Gasteiger partial charge in [-0.1, -0.05) is 13.0 Å². The van der Waals surface area contributed by atoms with Crippen LogP contribution < -0.4 is 5.73 Å². The van der Waals surface area contributed by atoms with Crippen LogP contribution in [0.4, 0.5) is 0 Å². The molecule has 0 aliphatic heterocycles. The predicted octanol–water partition coefficient (Wildman–Crippen LogP) is 3.17. The Morgan fingerprint density at radius 3 is 2.65 bits per heavy atom. The first-order valence-electron chi connectivity index (χ1n) is 6.99. The zero-order chi connectivity index (χ0) is 14.7. The van der Waals surface area contributed by atoms with E-state index in [0.29, 0.717) is 0 Å². The predicted molar refractivity (Wildman–Crippen MR) is 84.6 cm³/mol. The smallest absolute Gasteiger partial charge is 0.0766 e. The van der Waals surface area contributed by atoms with Crippen LogP contribution in [0.25, 0.3) is 0 Å². The second kappa shape index (κ2) is 6.50. The van der Waals surface area contributed by atoms with E-state index in [1.165, 1.54) is 0 Å². The highest BCUT2D eigenvalue weighted by atomic mass is 79.9. The fourth-order valence-electron chi connectivity index (χ4n) is 2.24. The van der Waals surface area contributed by atoms with Crippen LogP contribution in [0.15, 0.2) is 22.8 Å². The lowest BCUT2D eigenvalue weighted by Crippen LogP contribution is -2.16. The van der Waals surface area contributed by atoms with Crippen LogP contribution in [-0.4, -0.2) is 14.8 Å². The summed E-state index contributed by atoms with van der Waals surface area (Å²) in [5, 5.41) is 4.61. The summed E-state index contributed by atoms with van der Waals surface area (Å²) >= 11 is 3.66. The molecule has 1 atom stereocenters. The van der Waals surface area contributed by atoms with Gasteiger partial charge in [-0.3, -0.25) is 9.67 Å². The third-order valence-electron chi connectivity index (χ3n) is 3.47. The maximum absolute atomic E-state index is 6.32. The molecule has 0 aliphatic carbocycles. The first-order chi connectivity index (χ1) is 9.56. The van der Waals surface area contributed by atoms with Crippen LogP contribution in [0, 0.1) is 6.92 Å². The molecule has 2 aromatic rings. The number of pyridine rings is 1. The molecule has 0 amide bonds. The molecule has 0 fully saturated rings. The lowest BCUT2D eigenvalue weighted by molar-refractivity contribution is 0.584. The van der Waals surface area contributed by atoms with Crippen LogP contribution in [-0.2, 0) is 19.4 Å². The maximum Gasteiger partial charge on any atom is 0.0766 e. The van der Waals surface area contributed by atoms with Crippen molar-refractivity contribution in [2.24, 2.45) is 5.73 Å². The Morgan fingerprint density at radius 2 is 2.10 bits per heavy atom. The van der Waals surface area contributed by atoms with E-state index >= 15 is 0 Å². The molecule has 0 radical (unpaired) electrons. The SMILES string of the molecule is CCc1nn(CC)c(CC(N)c2ccc(C)nc2)c1Br. The number of nitrogens with two attached hydrogens (primary N) is 1. The highest BCUT2D eigenvalue weighted by Gasteiger charge is 2.17. The summed E-state index contributed by atoms with van der Waals surface area (Å²) in [5.41, 5.74) is 10.6. The Balaban J connectivity index is 2.25. The zero-order valence-electron chi connectivity index (χ0n) is 12.2. The molecular formula is C15H21BrN4. The van der Waals surface area contributed by atoms with Gasteiger partial charge in [-0.25, -0.2) is 0 Å². The number of halogens is 1. The quantitative estimate of drug-likeness (QED) is 0.912. The molecule has 0 aromatic carbocycles. The zero-order valence-corrected chi connectivity index (χ0v) is 13.8. The van der Waals surface area contributed by atoms with Crippen molar-refractivity contribution in [1.82, 2.24) is 14.8 Å². The molecule has 2 heterocycles. The van der Waals surface area contributed by atoms with E-state index in [9.17, 15) is 0 Å². The Hall–Kier alpha value is -1.20. The first kappa shape index (κ1) is 15.2. The fraction of sp³-hybridized carbons (Fsp3) is 0.467. The maximum atomic E-state index is 6.32. The van der Waals surface area contributed by atoms with Crippen LogP contribution in [0.2, 0.25) is 0 Å². The Labute approximate surface area is 128 Å². The average Bonchev–Trinajstić information content (AvgIpc) is 2.76. The molecule has 0 aliphatic rings. The van der Waals surface area contributed by atoms with Gasteiger partial charge in [0, 0.05) is 30.9 Å². The van der Waals surface area contributed by atoms with Crippen molar-refractivity contribution in [2.75, 3.05) is 0 Å². The van der Waals surface area contributed by atoms with Gasteiger partial charge in [0.05, 0.1) is 15.9 Å². The summed E-state index contributed by atoms with van der Waals surface area (Å²) in [6, 6.07) is 3.98. The molecule has 0 saturated carbocycles. The van der Waals surface area contributed by atoms with Crippen LogP contribution >= 0.6 is 15.9 Å². The summed E-state index contributed by atoms with van der Waals surface area (Å²) in [4.78, 5) is 4.31. The fourth-order valence-corrected chi connectivity index (χ4v) is 2.96. The van der Waals surface area contributed by atoms with E-state index in [4.69, 9.17) is 5.73 Å². The molecule has 0 spiro atoms. The number of nitrogens with zero attached hydrogens (tertiary/aromatic N) is 3. The van der Waals surface area contributed by atoms with Gasteiger partial charge < -0.3 is 5.73 Å². The van der Waals surface area contributed by atoms with Crippen molar-refractivity contribution in [3.8, 4) is 0 Å². The van der Waals surface area contributed by atoms with Gasteiger partial charge in [0.25, 0.3) is 0 Å². The van der Waals surface area contributed by atoms with Gasteiger partial charge >= 0.3 is 0 Å². The molecule has 0 bridgehead atoms. The van der Waals surface area contributed by atoms with Gasteiger partial charge in [-0.2, -0.15) is 5.10 Å². The highest BCUT2D eigenvalue weighted by Crippen LogP contribution is 2.26. The number of hydrogen-bond donors (Lipinski definition) is 1. The van der Waals surface area contributed by atoms with Crippen LogP contribution in [0.1, 0.15) is 42.5 Å². The molecular weight excluding hydrogens is 316 g/mol. The number of hydrogen-bond acceptors (Lipinski definition) is 3. The molecule has 20 heavy (non-hydrogen) atoms. The van der Waals surface area contributed by atoms with E-state index in [0.717, 1.165) is 46.5 Å². The third kappa shape index (κ3) is 3.10. The summed E-state index contributed by atoms with van der Waals surface area (Å²) in [6.07, 6.45) is 3.54. The molecule has 1 unspecified atom stereocenters. The Morgan fingerprint density at radius 1 is 1.35 bits per heavy atom. The minimum absolute atomic E-state index is 0.0638. The monoisotopic (exact) mass is 336 g/mol. The Bertz CT molecular complexity index is 574. The standard InChI is InChI=1S/C15H21BrN4/c1-4-13-15(16)14(20(5-2)19-13)8-12(17)11-7-6-10(3)18-9-11/h6-7,9,12H,4-5,8,17H2,1-3H3. The van der Waals surface area contributed by atoms with Crippen molar-refractivity contribution in [1.29, 1.82) is 0 Å². The topological polar surface area (TPSA) is 56.7 Å². The van der Waals surface area contributed by atoms with Crippen LogP contribution in [0.3, 0.4) is 0 Å². The normalized spacial score (nSPS) is 12.7. The lowest BCUT2D eigenvalue weighted by Gasteiger charge is -2.13. The second-order valence-corrected chi connectivity index (χ2v) is 5.71. The van der Waals surface area contributed by atoms with Gasteiger partial charge in [-0.05, 0) is 47.8 Å². The highest BCUT2D eigenvalue weighted by molar-refractivity contribution is 9.10. The van der Waals surface area contributed by atoms with Crippen molar-refractivity contribution < 1.29 is 0 Å². The van der Waals surface area contributed by atoms with E-state index in [-0.39, 0.29) is 6.04 Å². The van der Waals surface area contributed by atoms with Gasteiger partial charge in [0.1, 0.15) is 0 Å². The van der Waals surface area contributed by atoms with Gasteiger partial charge in [-0.15, -0.1) is 0 Å². The largest absolute Gasteiger partial charge is 0.324 e. The average molecular weight is 337 g/mol. The molecule has 5 heteroatoms. The van der Waals surface area contributed by atoms with Crippen molar-refractivity contribution >= 4 is 15.9 Å².